The maximum absolute atomic E-state index is 14.0. The summed E-state index contributed by atoms with van der Waals surface area (Å²) in [6.07, 6.45) is 5.33. The van der Waals surface area contributed by atoms with Gasteiger partial charge in [0.1, 0.15) is 6.04 Å². The highest BCUT2D eigenvalue weighted by Crippen LogP contribution is 2.47. The molecule has 1 fully saturated rings. The van der Waals surface area contributed by atoms with Gasteiger partial charge in [0.05, 0.1) is 31.1 Å². The molecule has 1 aliphatic carbocycles. The number of allylic oxidation sites excluding steroid dienone is 1. The summed E-state index contributed by atoms with van der Waals surface area (Å²) in [6, 6.07) is 4.45. The van der Waals surface area contributed by atoms with Crippen molar-refractivity contribution in [2.24, 2.45) is 29.6 Å². The van der Waals surface area contributed by atoms with Gasteiger partial charge in [0, 0.05) is 11.6 Å². The minimum atomic E-state index is -0.830. The normalized spacial score (nSPS) is 27.3. The summed E-state index contributed by atoms with van der Waals surface area (Å²) in [7, 11) is 0. The number of benzene rings is 1. The largest absolute Gasteiger partial charge is 0.466 e. The summed E-state index contributed by atoms with van der Waals surface area (Å²) in [6.45, 7) is 11.6. The zero-order valence-corrected chi connectivity index (χ0v) is 21.8. The standard InChI is InChI=1S/C28H40N2O5/c1-7-16(4)21(15-31)30-25(26(32)29-24-17(5)11-10-12-18(24)6)20-14-13-19(8-2)22(23(20)27(30)33)28(34)35-9-3/h10-14,16,19-23,25,31H,7-9,15H2,1-6H3,(H,29,32)/t16-,19+,20-,21-,22+,23+,25-/m0/s1. The minimum absolute atomic E-state index is 0.0217. The highest BCUT2D eigenvalue weighted by Gasteiger charge is 2.59. The first-order valence-electron chi connectivity index (χ1n) is 12.9. The number of fused-ring (bicyclic) bond motifs is 1. The Kier molecular flexibility index (Phi) is 8.75. The van der Waals surface area contributed by atoms with Crippen molar-refractivity contribution in [1.29, 1.82) is 0 Å². The number of aliphatic hydroxyl groups is 1. The van der Waals surface area contributed by atoms with Crippen LogP contribution in [0.2, 0.25) is 0 Å². The summed E-state index contributed by atoms with van der Waals surface area (Å²) >= 11 is 0. The van der Waals surface area contributed by atoms with Gasteiger partial charge in [-0.3, -0.25) is 14.4 Å². The molecule has 0 spiro atoms. The first-order chi connectivity index (χ1) is 16.7. The van der Waals surface area contributed by atoms with Crippen LogP contribution in [-0.4, -0.2) is 53.1 Å². The van der Waals surface area contributed by atoms with Crippen LogP contribution in [0.5, 0.6) is 0 Å². The molecule has 35 heavy (non-hydrogen) atoms. The first-order valence-corrected chi connectivity index (χ1v) is 12.9. The van der Waals surface area contributed by atoms with Crippen LogP contribution in [0.3, 0.4) is 0 Å². The van der Waals surface area contributed by atoms with Crippen LogP contribution in [0.15, 0.2) is 30.4 Å². The summed E-state index contributed by atoms with van der Waals surface area (Å²) < 4.78 is 5.39. The lowest BCUT2D eigenvalue weighted by Gasteiger charge is -2.36. The fourth-order valence-electron chi connectivity index (χ4n) is 5.77. The van der Waals surface area contributed by atoms with Crippen LogP contribution in [-0.2, 0) is 19.1 Å². The SMILES string of the molecule is CCOC(=O)[C@H]1[C@@H]2C(=O)N([C@@H](CO)[C@@H](C)CC)[C@H](C(=O)Nc3c(C)cccc3C)[C@H]2C=C[C@H]1CC. The van der Waals surface area contributed by atoms with E-state index < -0.39 is 35.8 Å². The number of likely N-dealkylation sites (tertiary alicyclic amines) is 1. The van der Waals surface area contributed by atoms with Gasteiger partial charge in [0.15, 0.2) is 0 Å². The number of nitrogens with zero attached hydrogens (tertiary/aromatic N) is 1. The molecule has 192 valence electrons. The maximum Gasteiger partial charge on any atom is 0.310 e. The Morgan fingerprint density at radius 3 is 2.34 bits per heavy atom. The number of esters is 1. The number of hydrogen-bond donors (Lipinski definition) is 2. The van der Waals surface area contributed by atoms with Gasteiger partial charge in [-0.1, -0.05) is 57.5 Å². The van der Waals surface area contributed by atoms with E-state index in [4.69, 9.17) is 4.74 Å². The van der Waals surface area contributed by atoms with Crippen molar-refractivity contribution in [2.75, 3.05) is 18.5 Å². The number of rotatable bonds is 9. The van der Waals surface area contributed by atoms with E-state index in [1.165, 1.54) is 0 Å². The van der Waals surface area contributed by atoms with Gasteiger partial charge in [-0.2, -0.15) is 0 Å². The quantitative estimate of drug-likeness (QED) is 0.410. The van der Waals surface area contributed by atoms with Gasteiger partial charge in [-0.25, -0.2) is 0 Å². The van der Waals surface area contributed by atoms with Crippen LogP contribution < -0.4 is 5.32 Å². The molecule has 0 aromatic heterocycles. The summed E-state index contributed by atoms with van der Waals surface area (Å²) in [5.41, 5.74) is 2.59. The van der Waals surface area contributed by atoms with Gasteiger partial charge in [0.2, 0.25) is 11.8 Å². The molecule has 2 aliphatic rings. The Hall–Kier alpha value is -2.67. The molecule has 0 bridgehead atoms. The molecular weight excluding hydrogens is 444 g/mol. The average molecular weight is 485 g/mol. The van der Waals surface area contributed by atoms with Crippen LogP contribution in [0.1, 0.15) is 51.7 Å². The van der Waals surface area contributed by atoms with E-state index in [0.717, 1.165) is 23.2 Å². The number of para-hydroxylation sites is 1. The van der Waals surface area contributed by atoms with Gasteiger partial charge >= 0.3 is 5.97 Å². The molecule has 7 atom stereocenters. The number of aliphatic hydroxyl groups excluding tert-OH is 1. The maximum atomic E-state index is 14.0. The average Bonchev–Trinajstić information content (AvgIpc) is 3.13. The number of carbonyl (C=O) groups excluding carboxylic acids is 3. The molecule has 1 aromatic rings. The molecule has 7 heteroatoms. The molecule has 7 nitrogen and oxygen atoms in total. The minimum Gasteiger partial charge on any atom is -0.466 e. The summed E-state index contributed by atoms with van der Waals surface area (Å²) in [5, 5.41) is 13.4. The Labute approximate surface area is 208 Å². The van der Waals surface area contributed by atoms with E-state index in [-0.39, 0.29) is 36.9 Å². The Bertz CT molecular complexity index is 954. The second-order valence-electron chi connectivity index (χ2n) is 9.92. The van der Waals surface area contributed by atoms with E-state index in [1.54, 1.807) is 11.8 Å². The van der Waals surface area contributed by atoms with Crippen molar-refractivity contribution in [3.05, 3.63) is 41.5 Å². The Morgan fingerprint density at radius 2 is 1.80 bits per heavy atom. The van der Waals surface area contributed by atoms with Crippen LogP contribution in [0.4, 0.5) is 5.69 Å². The lowest BCUT2D eigenvalue weighted by atomic mass is 9.69. The van der Waals surface area contributed by atoms with E-state index in [0.29, 0.717) is 6.42 Å². The molecule has 0 saturated carbocycles. The molecular formula is C28H40N2O5. The predicted octanol–water partition coefficient (Wildman–Crippen LogP) is 3.87. The second-order valence-corrected chi connectivity index (χ2v) is 9.92. The highest BCUT2D eigenvalue weighted by molar-refractivity contribution is 6.02. The summed E-state index contributed by atoms with van der Waals surface area (Å²) in [5.74, 6) is -2.95. The molecule has 1 aliphatic heterocycles. The number of nitrogens with one attached hydrogen (secondary N) is 1. The molecule has 1 saturated heterocycles. The van der Waals surface area contributed by atoms with Crippen molar-refractivity contribution in [3.8, 4) is 0 Å². The van der Waals surface area contributed by atoms with Gasteiger partial charge in [-0.15, -0.1) is 0 Å². The number of carbonyl (C=O) groups is 3. The third-order valence-corrected chi connectivity index (χ3v) is 7.92. The first kappa shape index (κ1) is 26.9. The zero-order valence-electron chi connectivity index (χ0n) is 21.8. The third-order valence-electron chi connectivity index (χ3n) is 7.92. The smallest absolute Gasteiger partial charge is 0.310 e. The molecule has 1 aromatic carbocycles. The van der Waals surface area contributed by atoms with Crippen molar-refractivity contribution in [1.82, 2.24) is 4.90 Å². The van der Waals surface area contributed by atoms with Crippen molar-refractivity contribution < 1.29 is 24.2 Å². The molecule has 2 amide bonds. The lowest BCUT2D eigenvalue weighted by Crippen LogP contribution is -2.52. The molecule has 0 unspecified atom stereocenters. The van der Waals surface area contributed by atoms with Crippen LogP contribution in [0.25, 0.3) is 0 Å². The highest BCUT2D eigenvalue weighted by atomic mass is 16.5. The predicted molar refractivity (Wildman–Crippen MR) is 136 cm³/mol. The number of ether oxygens (including phenoxy) is 1. The van der Waals surface area contributed by atoms with E-state index in [9.17, 15) is 19.5 Å². The van der Waals surface area contributed by atoms with Gasteiger partial charge < -0.3 is 20.1 Å². The number of anilines is 1. The van der Waals surface area contributed by atoms with Crippen molar-refractivity contribution in [3.63, 3.8) is 0 Å². The fraction of sp³-hybridized carbons (Fsp3) is 0.607. The Balaban J connectivity index is 2.10. The van der Waals surface area contributed by atoms with Gasteiger partial charge in [0.25, 0.3) is 0 Å². The van der Waals surface area contributed by atoms with E-state index >= 15 is 0 Å². The molecule has 3 rings (SSSR count). The molecule has 1 heterocycles. The monoisotopic (exact) mass is 484 g/mol. The van der Waals surface area contributed by atoms with Gasteiger partial charge in [-0.05, 0) is 50.2 Å². The number of aryl methyl sites for hydroxylation is 2. The number of hydrogen-bond acceptors (Lipinski definition) is 5. The number of amides is 2. The second kappa shape index (κ2) is 11.4. The molecule has 2 N–H and O–H groups in total. The van der Waals surface area contributed by atoms with E-state index in [2.05, 4.69) is 5.32 Å². The summed E-state index contributed by atoms with van der Waals surface area (Å²) in [4.78, 5) is 42.6. The van der Waals surface area contributed by atoms with Crippen molar-refractivity contribution >= 4 is 23.5 Å². The Morgan fingerprint density at radius 1 is 1.14 bits per heavy atom. The zero-order chi connectivity index (χ0) is 25.9. The fourth-order valence-corrected chi connectivity index (χ4v) is 5.77. The van der Waals surface area contributed by atoms with E-state index in [1.807, 2.05) is 65.0 Å². The topological polar surface area (TPSA) is 95.9 Å². The third kappa shape index (κ3) is 5.01. The lowest BCUT2D eigenvalue weighted by molar-refractivity contribution is -0.156. The molecule has 0 radical (unpaired) electrons. The van der Waals surface area contributed by atoms with Crippen LogP contribution >= 0.6 is 0 Å². The van der Waals surface area contributed by atoms with Crippen molar-refractivity contribution in [2.45, 2.75) is 66.5 Å². The van der Waals surface area contributed by atoms with Crippen LogP contribution in [0, 0.1) is 43.4 Å².